The van der Waals surface area contributed by atoms with Crippen LogP contribution in [0, 0.1) is 0 Å². The van der Waals surface area contributed by atoms with Crippen LogP contribution in [-0.4, -0.2) is 60.8 Å². The predicted molar refractivity (Wildman–Crippen MR) is 73.0 cm³/mol. The van der Waals surface area contributed by atoms with Crippen LogP contribution >= 0.6 is 0 Å². The summed E-state index contributed by atoms with van der Waals surface area (Å²) in [5.41, 5.74) is 1.06. The van der Waals surface area contributed by atoms with E-state index in [0.717, 1.165) is 31.4 Å². The summed E-state index contributed by atoms with van der Waals surface area (Å²) in [6.07, 6.45) is 4.12. The van der Waals surface area contributed by atoms with Crippen molar-refractivity contribution in [1.82, 2.24) is 10.2 Å². The molecule has 0 aromatic carbocycles. The predicted octanol–water partition coefficient (Wildman–Crippen LogP) is -0.177. The van der Waals surface area contributed by atoms with Crippen molar-refractivity contribution in [2.24, 2.45) is 0 Å². The fraction of sp³-hybridized carbons (Fsp3) is 0.714. The Kier molecular flexibility index (Phi) is 5.55. The van der Waals surface area contributed by atoms with Crippen molar-refractivity contribution in [2.45, 2.75) is 31.8 Å². The van der Waals surface area contributed by atoms with Crippen LogP contribution in [-0.2, 0) is 14.3 Å². The summed E-state index contributed by atoms with van der Waals surface area (Å²) in [6.45, 7) is 2.31. The van der Waals surface area contributed by atoms with E-state index in [1.54, 1.807) is 0 Å². The van der Waals surface area contributed by atoms with Crippen LogP contribution in [0.1, 0.15) is 25.7 Å². The first kappa shape index (κ1) is 15.0. The highest BCUT2D eigenvalue weighted by molar-refractivity contribution is 5.87. The van der Waals surface area contributed by atoms with Gasteiger partial charge in [-0.15, -0.1) is 0 Å². The fourth-order valence-corrected chi connectivity index (χ4v) is 2.41. The summed E-state index contributed by atoms with van der Waals surface area (Å²) >= 11 is 0. The maximum atomic E-state index is 11.9. The molecule has 0 aliphatic carbocycles. The number of rotatable bonds is 4. The molecule has 0 radical (unpaired) electrons. The van der Waals surface area contributed by atoms with Crippen molar-refractivity contribution < 1.29 is 19.4 Å². The number of nitrogens with zero attached hydrogens (tertiary/aromatic N) is 1. The molecule has 1 saturated heterocycles. The summed E-state index contributed by atoms with van der Waals surface area (Å²) in [5.74, 6) is -0.531. The summed E-state index contributed by atoms with van der Waals surface area (Å²) < 4.78 is 5.29. The number of nitrogens with one attached hydrogen (secondary N) is 1. The van der Waals surface area contributed by atoms with Crippen LogP contribution in [0.4, 0.5) is 0 Å². The van der Waals surface area contributed by atoms with Crippen molar-refractivity contribution in [1.29, 1.82) is 0 Å². The van der Waals surface area contributed by atoms with Gasteiger partial charge in [0.2, 0.25) is 5.91 Å². The Hall–Kier alpha value is -1.40. The van der Waals surface area contributed by atoms with E-state index >= 15 is 0 Å². The van der Waals surface area contributed by atoms with Crippen molar-refractivity contribution in [3.8, 4) is 0 Å². The standard InChI is InChI=1S/C14H22N2O4/c17-12-5-1-2-6-16(14(12)19)9-13(18)15-8-11-4-3-7-20-10-11/h4,12,17H,1-3,5-10H2,(H,15,18). The van der Waals surface area contributed by atoms with Gasteiger partial charge in [-0.1, -0.05) is 6.08 Å². The number of aliphatic hydroxyl groups excluding tert-OH is 1. The highest BCUT2D eigenvalue weighted by Gasteiger charge is 2.26. The fourth-order valence-electron chi connectivity index (χ4n) is 2.41. The van der Waals surface area contributed by atoms with E-state index in [0.29, 0.717) is 26.1 Å². The van der Waals surface area contributed by atoms with Crippen molar-refractivity contribution in [3.63, 3.8) is 0 Å². The Morgan fingerprint density at radius 2 is 2.35 bits per heavy atom. The molecule has 2 aliphatic heterocycles. The Morgan fingerprint density at radius 1 is 1.50 bits per heavy atom. The van der Waals surface area contributed by atoms with E-state index in [1.165, 1.54) is 4.90 Å². The molecule has 0 aromatic rings. The molecule has 0 saturated carbocycles. The molecule has 20 heavy (non-hydrogen) atoms. The van der Waals surface area contributed by atoms with E-state index in [4.69, 9.17) is 4.74 Å². The van der Waals surface area contributed by atoms with Gasteiger partial charge in [0.1, 0.15) is 6.10 Å². The van der Waals surface area contributed by atoms with Gasteiger partial charge in [0.15, 0.2) is 0 Å². The maximum absolute atomic E-state index is 11.9. The molecule has 2 aliphatic rings. The zero-order valence-electron chi connectivity index (χ0n) is 11.6. The number of ether oxygens (including phenoxy) is 1. The van der Waals surface area contributed by atoms with E-state index in [2.05, 4.69) is 11.4 Å². The molecule has 2 N–H and O–H groups in total. The second-order valence-corrected chi connectivity index (χ2v) is 5.25. The number of carbonyl (C=O) groups is 2. The van der Waals surface area contributed by atoms with Gasteiger partial charge in [-0.2, -0.15) is 0 Å². The molecular weight excluding hydrogens is 260 g/mol. The number of likely N-dealkylation sites (tertiary alicyclic amines) is 1. The molecule has 0 bridgehead atoms. The van der Waals surface area contributed by atoms with E-state index in [9.17, 15) is 14.7 Å². The van der Waals surface area contributed by atoms with Gasteiger partial charge in [-0.25, -0.2) is 0 Å². The third-order valence-corrected chi connectivity index (χ3v) is 3.58. The summed E-state index contributed by atoms with van der Waals surface area (Å²) in [4.78, 5) is 25.2. The van der Waals surface area contributed by atoms with E-state index < -0.39 is 6.10 Å². The van der Waals surface area contributed by atoms with Gasteiger partial charge in [0.05, 0.1) is 19.8 Å². The van der Waals surface area contributed by atoms with Gasteiger partial charge in [0.25, 0.3) is 5.91 Å². The van der Waals surface area contributed by atoms with Gasteiger partial charge < -0.3 is 20.1 Å². The molecular formula is C14H22N2O4. The highest BCUT2D eigenvalue weighted by atomic mass is 16.5. The minimum Gasteiger partial charge on any atom is -0.383 e. The van der Waals surface area contributed by atoms with Crippen molar-refractivity contribution in [2.75, 3.05) is 32.8 Å². The molecule has 0 spiro atoms. The second-order valence-electron chi connectivity index (χ2n) is 5.25. The molecule has 0 aromatic heterocycles. The Labute approximate surface area is 118 Å². The average Bonchev–Trinajstić information content (AvgIpc) is 2.62. The quantitative estimate of drug-likeness (QED) is 0.701. The third-order valence-electron chi connectivity index (χ3n) is 3.58. The number of hydrogen-bond donors (Lipinski definition) is 2. The Bertz CT molecular complexity index is 395. The first-order valence-corrected chi connectivity index (χ1v) is 7.16. The number of aliphatic hydroxyl groups is 1. The van der Waals surface area contributed by atoms with Gasteiger partial charge in [-0.05, 0) is 31.3 Å². The molecule has 1 unspecified atom stereocenters. The van der Waals surface area contributed by atoms with Gasteiger partial charge >= 0.3 is 0 Å². The van der Waals surface area contributed by atoms with Crippen LogP contribution in [0.15, 0.2) is 11.6 Å². The normalized spacial score (nSPS) is 24.1. The zero-order valence-corrected chi connectivity index (χ0v) is 11.6. The first-order chi connectivity index (χ1) is 9.66. The molecule has 2 heterocycles. The lowest BCUT2D eigenvalue weighted by Gasteiger charge is -2.22. The Morgan fingerprint density at radius 3 is 3.10 bits per heavy atom. The SMILES string of the molecule is O=C(CN1CCCCC(O)C1=O)NCC1=CCCOC1. The van der Waals surface area contributed by atoms with Crippen molar-refractivity contribution in [3.05, 3.63) is 11.6 Å². The van der Waals surface area contributed by atoms with Crippen LogP contribution in [0.5, 0.6) is 0 Å². The van der Waals surface area contributed by atoms with Gasteiger partial charge in [0, 0.05) is 13.1 Å². The molecule has 1 atom stereocenters. The second kappa shape index (κ2) is 7.40. The third kappa shape index (κ3) is 4.31. The minimum atomic E-state index is -0.959. The van der Waals surface area contributed by atoms with Crippen LogP contribution in [0.2, 0.25) is 0 Å². The summed E-state index contributed by atoms with van der Waals surface area (Å²) in [6, 6.07) is 0. The molecule has 2 amide bonds. The molecule has 6 heteroatoms. The number of amides is 2. The first-order valence-electron chi connectivity index (χ1n) is 7.16. The number of carbonyl (C=O) groups excluding carboxylic acids is 2. The van der Waals surface area contributed by atoms with Crippen LogP contribution in [0.25, 0.3) is 0 Å². The maximum Gasteiger partial charge on any atom is 0.251 e. The topological polar surface area (TPSA) is 78.9 Å². The molecule has 1 fully saturated rings. The smallest absolute Gasteiger partial charge is 0.251 e. The average molecular weight is 282 g/mol. The Balaban J connectivity index is 1.78. The molecule has 112 valence electrons. The lowest BCUT2D eigenvalue weighted by Crippen LogP contribution is -2.44. The summed E-state index contributed by atoms with van der Waals surface area (Å²) in [7, 11) is 0. The molecule has 2 rings (SSSR count). The van der Waals surface area contributed by atoms with Crippen molar-refractivity contribution >= 4 is 11.8 Å². The lowest BCUT2D eigenvalue weighted by atomic mass is 10.2. The summed E-state index contributed by atoms with van der Waals surface area (Å²) in [5, 5.41) is 12.4. The minimum absolute atomic E-state index is 0.0179. The molecule has 6 nitrogen and oxygen atoms in total. The zero-order chi connectivity index (χ0) is 14.4. The van der Waals surface area contributed by atoms with Gasteiger partial charge in [-0.3, -0.25) is 9.59 Å². The monoisotopic (exact) mass is 282 g/mol. The lowest BCUT2D eigenvalue weighted by molar-refractivity contribution is -0.142. The van der Waals surface area contributed by atoms with E-state index in [1.807, 2.05) is 0 Å². The number of hydrogen-bond acceptors (Lipinski definition) is 4. The van der Waals surface area contributed by atoms with E-state index in [-0.39, 0.29) is 18.4 Å². The van der Waals surface area contributed by atoms with Crippen LogP contribution < -0.4 is 5.32 Å². The highest BCUT2D eigenvalue weighted by Crippen LogP contribution is 2.11. The largest absolute Gasteiger partial charge is 0.383 e. The van der Waals surface area contributed by atoms with Crippen LogP contribution in [0.3, 0.4) is 0 Å².